The smallest absolute Gasteiger partial charge is 0.273 e. The van der Waals surface area contributed by atoms with E-state index in [1.807, 2.05) is 48.5 Å². The molecule has 0 unspecified atom stereocenters. The Kier molecular flexibility index (Phi) is 3.27. The number of nitrogens with one attached hydrogen (secondary N) is 2. The number of rotatable bonds is 3. The highest BCUT2D eigenvalue weighted by Gasteiger charge is 2.27. The molecular formula is C17H14N4O2. The monoisotopic (exact) mass is 306 g/mol. The fourth-order valence-corrected chi connectivity index (χ4v) is 2.62. The van der Waals surface area contributed by atoms with Crippen molar-refractivity contribution in [2.75, 3.05) is 5.32 Å². The number of nitrogens with zero attached hydrogens (tertiary/aromatic N) is 2. The van der Waals surface area contributed by atoms with Crippen LogP contribution in [0.1, 0.15) is 18.1 Å². The minimum atomic E-state index is -0.265. The molecule has 0 bridgehead atoms. The van der Waals surface area contributed by atoms with Crippen molar-refractivity contribution in [2.24, 2.45) is 5.16 Å². The number of H-pyrrole nitrogens is 1. The molecule has 6 heteroatoms. The quantitative estimate of drug-likeness (QED) is 0.780. The average Bonchev–Trinajstić information content (AvgIpc) is 3.25. The molecule has 6 nitrogen and oxygen atoms in total. The first-order valence-corrected chi connectivity index (χ1v) is 7.32. The molecule has 4 rings (SSSR count). The molecule has 1 aliphatic heterocycles. The summed E-state index contributed by atoms with van der Waals surface area (Å²) >= 11 is 0. The van der Waals surface area contributed by atoms with Crippen LogP contribution in [0.4, 0.5) is 5.69 Å². The fourth-order valence-electron chi connectivity index (χ4n) is 2.62. The molecule has 1 amide bonds. The van der Waals surface area contributed by atoms with Crippen molar-refractivity contribution in [3.8, 4) is 0 Å². The van der Waals surface area contributed by atoms with Crippen LogP contribution in [0.3, 0.4) is 0 Å². The van der Waals surface area contributed by atoms with E-state index < -0.39 is 0 Å². The van der Waals surface area contributed by atoms with E-state index in [-0.39, 0.29) is 12.0 Å². The van der Waals surface area contributed by atoms with Gasteiger partial charge in [-0.25, -0.2) is 4.98 Å². The Morgan fingerprint density at radius 3 is 2.91 bits per heavy atom. The van der Waals surface area contributed by atoms with Crippen LogP contribution >= 0.6 is 0 Å². The summed E-state index contributed by atoms with van der Waals surface area (Å²) in [5, 5.41) is 6.79. The van der Waals surface area contributed by atoms with E-state index in [1.54, 1.807) is 6.33 Å². The van der Waals surface area contributed by atoms with E-state index >= 15 is 0 Å². The first kappa shape index (κ1) is 13.5. The molecule has 0 radical (unpaired) electrons. The minimum absolute atomic E-state index is 0.210. The zero-order valence-corrected chi connectivity index (χ0v) is 12.2. The van der Waals surface area contributed by atoms with Crippen LogP contribution in [-0.4, -0.2) is 21.6 Å². The Morgan fingerprint density at radius 2 is 2.04 bits per heavy atom. The molecule has 1 aliphatic rings. The lowest BCUT2D eigenvalue weighted by Crippen LogP contribution is -2.22. The highest BCUT2D eigenvalue weighted by molar-refractivity contribution is 6.43. The Labute approximate surface area is 132 Å². The highest BCUT2D eigenvalue weighted by Crippen LogP contribution is 2.27. The van der Waals surface area contributed by atoms with Crippen molar-refractivity contribution in [2.45, 2.75) is 12.5 Å². The zero-order chi connectivity index (χ0) is 15.6. The van der Waals surface area contributed by atoms with Crippen molar-refractivity contribution >= 4 is 28.3 Å². The molecule has 1 atom stereocenters. The number of benzene rings is 2. The number of imidazole rings is 1. The van der Waals surface area contributed by atoms with Crippen LogP contribution < -0.4 is 5.32 Å². The Bertz CT molecular complexity index is 886. The van der Waals surface area contributed by atoms with Crippen molar-refractivity contribution in [1.82, 2.24) is 9.97 Å². The normalized spacial score (nSPS) is 16.9. The predicted molar refractivity (Wildman–Crippen MR) is 87.0 cm³/mol. The number of aromatic amines is 1. The number of carbonyl (C=O) groups excluding carboxylic acids is 1. The van der Waals surface area contributed by atoms with E-state index in [0.717, 1.165) is 16.6 Å². The van der Waals surface area contributed by atoms with E-state index in [4.69, 9.17) is 4.84 Å². The number of amides is 1. The number of hydrogen-bond acceptors (Lipinski definition) is 4. The summed E-state index contributed by atoms with van der Waals surface area (Å²) in [5.41, 5.74) is 3.63. The number of para-hydroxylation sites is 1. The molecule has 0 saturated carbocycles. The van der Waals surface area contributed by atoms with Crippen molar-refractivity contribution in [1.29, 1.82) is 0 Å². The third kappa shape index (κ3) is 2.55. The van der Waals surface area contributed by atoms with E-state index in [9.17, 15) is 4.79 Å². The molecule has 0 saturated heterocycles. The lowest BCUT2D eigenvalue weighted by molar-refractivity contribution is -0.110. The van der Waals surface area contributed by atoms with Crippen LogP contribution in [0.2, 0.25) is 0 Å². The van der Waals surface area contributed by atoms with E-state index in [1.165, 1.54) is 0 Å². The molecule has 3 aromatic rings. The SMILES string of the molecule is O=C(Nc1cccc2[nH]cnc12)C1=NO[C@H](c2ccccc2)C1. The van der Waals surface area contributed by atoms with E-state index in [2.05, 4.69) is 20.4 Å². The summed E-state index contributed by atoms with van der Waals surface area (Å²) in [6, 6.07) is 15.3. The fraction of sp³-hybridized carbons (Fsp3) is 0.118. The molecule has 1 aromatic heterocycles. The Hall–Kier alpha value is -3.15. The van der Waals surface area contributed by atoms with Gasteiger partial charge in [0, 0.05) is 6.42 Å². The van der Waals surface area contributed by atoms with Gasteiger partial charge in [-0.1, -0.05) is 41.6 Å². The van der Waals surface area contributed by atoms with Gasteiger partial charge in [-0.05, 0) is 17.7 Å². The predicted octanol–water partition coefficient (Wildman–Crippen LogP) is 3.02. The Morgan fingerprint density at radius 1 is 1.17 bits per heavy atom. The molecule has 114 valence electrons. The summed E-state index contributed by atoms with van der Waals surface area (Å²) < 4.78 is 0. The second-order valence-corrected chi connectivity index (χ2v) is 5.31. The summed E-state index contributed by atoms with van der Waals surface area (Å²) in [5.74, 6) is -0.265. The molecule has 0 aliphatic carbocycles. The summed E-state index contributed by atoms with van der Waals surface area (Å²) in [6.45, 7) is 0. The van der Waals surface area contributed by atoms with Gasteiger partial charge in [-0.15, -0.1) is 0 Å². The topological polar surface area (TPSA) is 79.4 Å². The van der Waals surface area contributed by atoms with Gasteiger partial charge >= 0.3 is 0 Å². The minimum Gasteiger partial charge on any atom is -0.387 e. The van der Waals surface area contributed by atoms with Crippen LogP contribution in [0.5, 0.6) is 0 Å². The summed E-state index contributed by atoms with van der Waals surface area (Å²) in [4.78, 5) is 25.0. The molecular weight excluding hydrogens is 292 g/mol. The number of fused-ring (bicyclic) bond motifs is 1. The third-order valence-electron chi connectivity index (χ3n) is 3.80. The van der Waals surface area contributed by atoms with Crippen LogP contribution in [0.15, 0.2) is 60.0 Å². The Balaban J connectivity index is 1.49. The largest absolute Gasteiger partial charge is 0.387 e. The van der Waals surface area contributed by atoms with Crippen molar-refractivity contribution in [3.63, 3.8) is 0 Å². The first-order chi connectivity index (χ1) is 11.3. The van der Waals surface area contributed by atoms with Crippen LogP contribution in [-0.2, 0) is 9.63 Å². The summed E-state index contributed by atoms with van der Waals surface area (Å²) in [7, 11) is 0. The lowest BCUT2D eigenvalue weighted by Gasteiger charge is -2.07. The van der Waals surface area contributed by atoms with Crippen molar-refractivity contribution < 1.29 is 9.63 Å². The van der Waals surface area contributed by atoms with Crippen molar-refractivity contribution in [3.05, 3.63) is 60.4 Å². The molecule has 23 heavy (non-hydrogen) atoms. The second kappa shape index (κ2) is 5.57. The number of oxime groups is 1. The number of hydrogen-bond donors (Lipinski definition) is 2. The van der Waals surface area contributed by atoms with Crippen LogP contribution in [0.25, 0.3) is 11.0 Å². The second-order valence-electron chi connectivity index (χ2n) is 5.31. The van der Waals surface area contributed by atoms with Gasteiger partial charge in [-0.3, -0.25) is 4.79 Å². The van der Waals surface area contributed by atoms with Gasteiger partial charge in [0.05, 0.1) is 17.5 Å². The van der Waals surface area contributed by atoms with Gasteiger partial charge in [0.2, 0.25) is 0 Å². The molecule has 0 spiro atoms. The standard InChI is InChI=1S/C17H14N4O2/c22-17(20-13-8-4-7-12-16(13)19-10-18-12)14-9-15(23-21-14)11-5-2-1-3-6-11/h1-8,10,15H,9H2,(H,18,19)(H,20,22)/t15-/m0/s1. The first-order valence-electron chi connectivity index (χ1n) is 7.32. The molecule has 0 fully saturated rings. The number of aromatic nitrogens is 2. The maximum absolute atomic E-state index is 12.4. The highest BCUT2D eigenvalue weighted by atomic mass is 16.6. The maximum Gasteiger partial charge on any atom is 0.273 e. The summed E-state index contributed by atoms with van der Waals surface area (Å²) in [6.07, 6.45) is 1.84. The zero-order valence-electron chi connectivity index (χ0n) is 12.2. The third-order valence-corrected chi connectivity index (χ3v) is 3.80. The lowest BCUT2D eigenvalue weighted by atomic mass is 10.0. The van der Waals surface area contributed by atoms with Gasteiger partial charge in [-0.2, -0.15) is 0 Å². The maximum atomic E-state index is 12.4. The van der Waals surface area contributed by atoms with E-state index in [0.29, 0.717) is 17.8 Å². The molecule has 2 N–H and O–H groups in total. The average molecular weight is 306 g/mol. The number of carbonyl (C=O) groups is 1. The van der Waals surface area contributed by atoms with Gasteiger partial charge in [0.1, 0.15) is 11.2 Å². The van der Waals surface area contributed by atoms with Gasteiger partial charge < -0.3 is 15.1 Å². The molecule has 2 heterocycles. The number of anilines is 1. The van der Waals surface area contributed by atoms with Gasteiger partial charge in [0.25, 0.3) is 5.91 Å². The van der Waals surface area contributed by atoms with Gasteiger partial charge in [0.15, 0.2) is 6.10 Å². The van der Waals surface area contributed by atoms with Crippen LogP contribution in [0, 0.1) is 0 Å². The molecule has 2 aromatic carbocycles.